The van der Waals surface area contributed by atoms with Crippen LogP contribution in [0.25, 0.3) is 16.7 Å². The largest absolute Gasteiger partial charge is 0.470 e. The first kappa shape index (κ1) is 20.2. The van der Waals surface area contributed by atoms with Crippen molar-refractivity contribution in [2.24, 2.45) is 7.05 Å². The number of hydrogen-bond donors (Lipinski definition) is 1. The van der Waals surface area contributed by atoms with Gasteiger partial charge < -0.3 is 19.4 Å². The molecule has 1 atom stereocenters. The van der Waals surface area contributed by atoms with Crippen molar-refractivity contribution in [3.8, 4) is 11.6 Å². The summed E-state index contributed by atoms with van der Waals surface area (Å²) in [6.45, 7) is 1.27. The van der Waals surface area contributed by atoms with E-state index in [2.05, 4.69) is 26.4 Å². The molecule has 1 aliphatic carbocycles. The third-order valence-electron chi connectivity index (χ3n) is 6.44. The monoisotopic (exact) mass is 448 g/mol. The molecule has 10 nitrogen and oxygen atoms in total. The summed E-state index contributed by atoms with van der Waals surface area (Å²) in [5.41, 5.74) is 3.42. The molecule has 1 saturated heterocycles. The first-order chi connectivity index (χ1) is 16.2. The molecule has 4 aromatic heterocycles. The Hall–Kier alpha value is -3.40. The molecule has 0 spiro atoms. The zero-order valence-corrected chi connectivity index (χ0v) is 18.7. The molecule has 33 heavy (non-hydrogen) atoms. The molecule has 2 fully saturated rings. The smallest absolute Gasteiger partial charge is 0.244 e. The topological polar surface area (TPSA) is 96.8 Å². The van der Waals surface area contributed by atoms with Gasteiger partial charge >= 0.3 is 0 Å². The Labute approximate surface area is 191 Å². The average Bonchev–Trinajstić information content (AvgIpc) is 3.62. The summed E-state index contributed by atoms with van der Waals surface area (Å²) in [7, 11) is 1.90. The molecule has 0 bridgehead atoms. The molecule has 0 unspecified atom stereocenters. The van der Waals surface area contributed by atoms with Crippen molar-refractivity contribution in [3.05, 3.63) is 37.1 Å². The molecule has 6 rings (SSSR count). The highest BCUT2D eigenvalue weighted by Crippen LogP contribution is 2.31. The zero-order chi connectivity index (χ0) is 22.2. The first-order valence-corrected chi connectivity index (χ1v) is 11.7. The van der Waals surface area contributed by atoms with Gasteiger partial charge in [0.25, 0.3) is 0 Å². The van der Waals surface area contributed by atoms with Crippen molar-refractivity contribution in [2.45, 2.75) is 50.7 Å². The van der Waals surface area contributed by atoms with Gasteiger partial charge in [-0.05, 0) is 18.9 Å². The fourth-order valence-corrected chi connectivity index (χ4v) is 4.74. The minimum Gasteiger partial charge on any atom is -0.470 e. The second-order valence-electron chi connectivity index (χ2n) is 8.87. The van der Waals surface area contributed by atoms with Crippen LogP contribution < -0.4 is 10.1 Å². The van der Waals surface area contributed by atoms with Crippen LogP contribution in [-0.4, -0.2) is 53.4 Å². The van der Waals surface area contributed by atoms with Gasteiger partial charge in [-0.15, -0.1) is 0 Å². The second kappa shape index (κ2) is 8.51. The van der Waals surface area contributed by atoms with Gasteiger partial charge in [-0.3, -0.25) is 9.36 Å². The lowest BCUT2D eigenvalue weighted by molar-refractivity contribution is 0.139. The van der Waals surface area contributed by atoms with Crippen molar-refractivity contribution < 1.29 is 9.47 Å². The highest BCUT2D eigenvalue weighted by atomic mass is 16.5. The van der Waals surface area contributed by atoms with Gasteiger partial charge in [-0.25, -0.2) is 4.98 Å². The summed E-state index contributed by atoms with van der Waals surface area (Å²) in [6, 6.07) is 2.45. The minimum atomic E-state index is -0.0257. The molecule has 0 amide bonds. The van der Waals surface area contributed by atoms with Gasteiger partial charge in [-0.1, -0.05) is 19.3 Å². The Morgan fingerprint density at radius 1 is 1.06 bits per heavy atom. The SMILES string of the molecule is Cn1cc(-n2ccc3nc(Nc4cnn(C5CCCCC5)c4)nc(O[C@H]4CCOC4)c32)cn1. The van der Waals surface area contributed by atoms with Gasteiger partial charge in [0.15, 0.2) is 0 Å². The predicted molar refractivity (Wildman–Crippen MR) is 123 cm³/mol. The Balaban J connectivity index is 1.33. The van der Waals surface area contributed by atoms with Crippen LogP contribution in [0.3, 0.4) is 0 Å². The van der Waals surface area contributed by atoms with E-state index in [1.54, 1.807) is 4.68 Å². The Kier molecular flexibility index (Phi) is 5.21. The molecule has 172 valence electrons. The number of nitrogens with one attached hydrogen (secondary N) is 1. The van der Waals surface area contributed by atoms with Gasteiger partial charge in [0.1, 0.15) is 11.6 Å². The third kappa shape index (κ3) is 4.06. The fourth-order valence-electron chi connectivity index (χ4n) is 4.74. The number of anilines is 2. The van der Waals surface area contributed by atoms with Crippen LogP contribution in [0.1, 0.15) is 44.6 Å². The lowest BCUT2D eigenvalue weighted by Crippen LogP contribution is -2.17. The van der Waals surface area contributed by atoms with Crippen molar-refractivity contribution in [1.82, 2.24) is 34.1 Å². The number of hydrogen-bond acceptors (Lipinski definition) is 7. The number of rotatable bonds is 6. The van der Waals surface area contributed by atoms with Gasteiger partial charge in [0, 0.05) is 32.1 Å². The molecule has 4 aromatic rings. The summed E-state index contributed by atoms with van der Waals surface area (Å²) in [6.07, 6.45) is 16.7. The minimum absolute atomic E-state index is 0.0257. The normalized spacial score (nSPS) is 19.4. The maximum atomic E-state index is 6.31. The Bertz CT molecular complexity index is 1250. The van der Waals surface area contributed by atoms with E-state index in [4.69, 9.17) is 19.4 Å². The average molecular weight is 449 g/mol. The molecule has 2 aliphatic rings. The van der Waals surface area contributed by atoms with Crippen LogP contribution >= 0.6 is 0 Å². The van der Waals surface area contributed by atoms with E-state index in [0.717, 1.165) is 28.8 Å². The van der Waals surface area contributed by atoms with E-state index in [1.165, 1.54) is 32.1 Å². The first-order valence-electron chi connectivity index (χ1n) is 11.7. The molecule has 1 N–H and O–H groups in total. The summed E-state index contributed by atoms with van der Waals surface area (Å²) in [5.74, 6) is 1.02. The molecular formula is C23H28N8O2. The van der Waals surface area contributed by atoms with E-state index >= 15 is 0 Å². The highest BCUT2D eigenvalue weighted by molar-refractivity contribution is 5.84. The molecule has 0 radical (unpaired) electrons. The lowest BCUT2D eigenvalue weighted by Gasteiger charge is -2.21. The summed E-state index contributed by atoms with van der Waals surface area (Å²) >= 11 is 0. The Morgan fingerprint density at radius 3 is 2.76 bits per heavy atom. The molecule has 1 saturated carbocycles. The molecule has 10 heteroatoms. The van der Waals surface area contributed by atoms with Crippen LogP contribution in [0.4, 0.5) is 11.6 Å². The van der Waals surface area contributed by atoms with Gasteiger partial charge in [0.05, 0.1) is 48.5 Å². The van der Waals surface area contributed by atoms with Crippen molar-refractivity contribution in [3.63, 3.8) is 0 Å². The van der Waals surface area contributed by atoms with Gasteiger partial charge in [-0.2, -0.15) is 15.2 Å². The quantitative estimate of drug-likeness (QED) is 0.480. The number of aryl methyl sites for hydroxylation is 1. The van der Waals surface area contributed by atoms with E-state index in [-0.39, 0.29) is 6.10 Å². The number of ether oxygens (including phenoxy) is 2. The molecule has 0 aromatic carbocycles. The fraction of sp³-hybridized carbons (Fsp3) is 0.478. The van der Waals surface area contributed by atoms with E-state index in [9.17, 15) is 0 Å². The highest BCUT2D eigenvalue weighted by Gasteiger charge is 2.23. The van der Waals surface area contributed by atoms with Crippen LogP contribution in [0.5, 0.6) is 5.88 Å². The maximum absolute atomic E-state index is 6.31. The maximum Gasteiger partial charge on any atom is 0.244 e. The van der Waals surface area contributed by atoms with E-state index in [0.29, 0.717) is 31.1 Å². The number of nitrogens with zero attached hydrogens (tertiary/aromatic N) is 7. The van der Waals surface area contributed by atoms with Crippen molar-refractivity contribution in [1.29, 1.82) is 0 Å². The van der Waals surface area contributed by atoms with Crippen LogP contribution in [0, 0.1) is 0 Å². The summed E-state index contributed by atoms with van der Waals surface area (Å²) in [5, 5.41) is 12.2. The molecule has 5 heterocycles. The second-order valence-corrected chi connectivity index (χ2v) is 8.87. The lowest BCUT2D eigenvalue weighted by atomic mass is 9.96. The van der Waals surface area contributed by atoms with Crippen molar-refractivity contribution in [2.75, 3.05) is 18.5 Å². The van der Waals surface area contributed by atoms with Crippen LogP contribution in [0.15, 0.2) is 37.1 Å². The third-order valence-corrected chi connectivity index (χ3v) is 6.44. The predicted octanol–water partition coefficient (Wildman–Crippen LogP) is 3.77. The summed E-state index contributed by atoms with van der Waals surface area (Å²) < 4.78 is 17.7. The Morgan fingerprint density at radius 2 is 1.97 bits per heavy atom. The van der Waals surface area contributed by atoms with Gasteiger partial charge in [0.2, 0.25) is 11.8 Å². The number of fused-ring (bicyclic) bond motifs is 1. The standard InChI is InChI=1S/C23H28N8O2/c1-29-14-18(12-24-29)30-9-7-20-21(30)22(33-19-8-10-32-15-19)28-23(27-20)26-16-11-25-31(13-16)17-5-3-2-4-6-17/h7,9,11-14,17,19H,2-6,8,10,15H2,1H3,(H,26,27,28)/t19-/m0/s1. The van der Waals surface area contributed by atoms with E-state index in [1.807, 2.05) is 42.5 Å². The zero-order valence-electron chi connectivity index (χ0n) is 18.7. The van der Waals surface area contributed by atoms with Crippen LogP contribution in [-0.2, 0) is 11.8 Å². The molecule has 1 aliphatic heterocycles. The van der Waals surface area contributed by atoms with E-state index < -0.39 is 0 Å². The van der Waals surface area contributed by atoms with Crippen molar-refractivity contribution >= 4 is 22.7 Å². The number of aromatic nitrogens is 7. The van der Waals surface area contributed by atoms with Crippen LogP contribution in [0.2, 0.25) is 0 Å². The summed E-state index contributed by atoms with van der Waals surface area (Å²) in [4.78, 5) is 9.52. The molecular weight excluding hydrogens is 420 g/mol.